The van der Waals surface area contributed by atoms with Gasteiger partial charge >= 0.3 is 12.1 Å². The van der Waals surface area contributed by atoms with Gasteiger partial charge in [0, 0.05) is 25.4 Å². The van der Waals surface area contributed by atoms with Crippen molar-refractivity contribution in [2.24, 2.45) is 5.92 Å². The molecule has 1 fully saturated rings. The number of carboxylic acids is 1. The van der Waals surface area contributed by atoms with Crippen molar-refractivity contribution in [3.63, 3.8) is 0 Å². The second-order valence-corrected chi connectivity index (χ2v) is 9.82. The Kier molecular flexibility index (Phi) is 7.73. The van der Waals surface area contributed by atoms with Gasteiger partial charge in [0.25, 0.3) is 0 Å². The van der Waals surface area contributed by atoms with Crippen molar-refractivity contribution < 1.29 is 24.2 Å². The highest BCUT2D eigenvalue weighted by atomic mass is 16.5. The molecule has 2 aliphatic carbocycles. The van der Waals surface area contributed by atoms with E-state index in [1.807, 2.05) is 36.4 Å². The van der Waals surface area contributed by atoms with Gasteiger partial charge in [-0.2, -0.15) is 0 Å². The third-order valence-corrected chi connectivity index (χ3v) is 7.46. The highest BCUT2D eigenvalue weighted by Gasteiger charge is 2.32. The molecule has 2 N–H and O–H groups in total. The van der Waals surface area contributed by atoms with Crippen LogP contribution >= 0.6 is 0 Å². The van der Waals surface area contributed by atoms with E-state index in [2.05, 4.69) is 24.4 Å². The van der Waals surface area contributed by atoms with Gasteiger partial charge < -0.3 is 20.1 Å². The third kappa shape index (κ3) is 5.66. The fourth-order valence-corrected chi connectivity index (χ4v) is 5.36. The summed E-state index contributed by atoms with van der Waals surface area (Å²) < 4.78 is 5.60. The van der Waals surface area contributed by atoms with Crippen molar-refractivity contribution in [1.82, 2.24) is 10.2 Å². The summed E-state index contributed by atoms with van der Waals surface area (Å²) in [5, 5.41) is 11.8. The Hall–Kier alpha value is -3.35. The summed E-state index contributed by atoms with van der Waals surface area (Å²) in [5.74, 6) is -0.713. The van der Waals surface area contributed by atoms with E-state index in [1.54, 1.807) is 11.9 Å². The van der Waals surface area contributed by atoms with E-state index in [1.165, 1.54) is 0 Å². The number of carbonyl (C=O) groups is 3. The molecule has 0 aromatic heterocycles. The first-order valence-corrected chi connectivity index (χ1v) is 12.4. The quantitative estimate of drug-likeness (QED) is 0.568. The van der Waals surface area contributed by atoms with Crippen molar-refractivity contribution in [3.8, 4) is 11.1 Å². The first-order valence-electron chi connectivity index (χ1n) is 12.4. The smallest absolute Gasteiger partial charge is 0.407 e. The molecule has 4 rings (SSSR count). The minimum Gasteiger partial charge on any atom is -0.481 e. The fraction of sp³-hybridized carbons (Fsp3) is 0.464. The van der Waals surface area contributed by atoms with Gasteiger partial charge in [-0.15, -0.1) is 0 Å². The van der Waals surface area contributed by atoms with Gasteiger partial charge in [-0.05, 0) is 60.3 Å². The maximum Gasteiger partial charge on any atom is 0.407 e. The molecule has 2 amide bonds. The lowest BCUT2D eigenvalue weighted by Gasteiger charge is -2.35. The van der Waals surface area contributed by atoms with Crippen LogP contribution in [0.5, 0.6) is 0 Å². The number of carboxylic acid groups (broad SMARTS) is 1. The lowest BCUT2D eigenvalue weighted by atomic mass is 9.86. The molecule has 0 bridgehead atoms. The van der Waals surface area contributed by atoms with Crippen LogP contribution in [0.1, 0.15) is 62.5 Å². The van der Waals surface area contributed by atoms with Crippen molar-refractivity contribution in [2.75, 3.05) is 13.7 Å². The van der Waals surface area contributed by atoms with Crippen LogP contribution in [0.4, 0.5) is 4.79 Å². The van der Waals surface area contributed by atoms with Crippen molar-refractivity contribution >= 4 is 18.0 Å². The van der Waals surface area contributed by atoms with Gasteiger partial charge in [0.15, 0.2) is 0 Å². The molecule has 2 aromatic carbocycles. The third-order valence-electron chi connectivity index (χ3n) is 7.46. The number of nitrogens with zero attached hydrogens (tertiary/aromatic N) is 1. The summed E-state index contributed by atoms with van der Waals surface area (Å²) in [5.41, 5.74) is 4.47. The van der Waals surface area contributed by atoms with Crippen LogP contribution in [0.15, 0.2) is 48.5 Å². The lowest BCUT2D eigenvalue weighted by molar-refractivity contribution is -0.138. The molecule has 0 radical (unpaired) electrons. The first kappa shape index (κ1) is 24.8. The number of benzene rings is 2. The lowest BCUT2D eigenvalue weighted by Crippen LogP contribution is -2.51. The molecule has 2 aromatic rings. The Morgan fingerprint density at radius 3 is 2.14 bits per heavy atom. The Bertz CT molecular complexity index is 1030. The Morgan fingerprint density at radius 1 is 1.00 bits per heavy atom. The van der Waals surface area contributed by atoms with Gasteiger partial charge in [0.05, 0.1) is 0 Å². The molecule has 2 aliphatic rings. The number of likely N-dealkylation sites (N-methyl/N-ethyl adjacent to an activating group) is 1. The molecule has 0 spiro atoms. The molecule has 186 valence electrons. The van der Waals surface area contributed by atoms with E-state index in [0.717, 1.165) is 47.9 Å². The van der Waals surface area contributed by atoms with Gasteiger partial charge in [0.1, 0.15) is 12.6 Å². The first-order chi connectivity index (χ1) is 16.8. The van der Waals surface area contributed by atoms with Crippen molar-refractivity contribution in [2.45, 2.75) is 63.5 Å². The van der Waals surface area contributed by atoms with E-state index < -0.39 is 18.1 Å². The molecule has 7 nitrogen and oxygen atoms in total. The minimum absolute atomic E-state index is 0.0197. The van der Waals surface area contributed by atoms with Crippen LogP contribution in [0, 0.1) is 5.92 Å². The zero-order valence-corrected chi connectivity index (χ0v) is 20.4. The van der Waals surface area contributed by atoms with E-state index in [9.17, 15) is 14.4 Å². The number of hydrogen-bond acceptors (Lipinski definition) is 4. The highest BCUT2D eigenvalue weighted by molar-refractivity contribution is 5.86. The average molecular weight is 479 g/mol. The number of nitrogens with one attached hydrogen (secondary N) is 1. The molecule has 0 heterocycles. The van der Waals surface area contributed by atoms with Gasteiger partial charge in [0.2, 0.25) is 5.91 Å². The number of ether oxygens (including phenoxy) is 1. The van der Waals surface area contributed by atoms with Crippen molar-refractivity contribution in [1.29, 1.82) is 0 Å². The number of carbonyl (C=O) groups excluding carboxylic acids is 2. The highest BCUT2D eigenvalue weighted by Crippen LogP contribution is 2.44. The standard InChI is InChI=1S/C28H34N2O5/c1-18-11-13-19(14-12-18)30(2)27(33)25(15-16-26(31)32)29-28(34)35-17-24-22-9-5-3-7-20(22)21-8-4-6-10-23(21)24/h3-10,18-19,24-25H,11-17H2,1-2H3,(H,29,34)(H,31,32). The molecule has 1 saturated carbocycles. The number of amides is 2. The van der Waals surface area contributed by atoms with Crippen LogP contribution < -0.4 is 5.32 Å². The zero-order valence-electron chi connectivity index (χ0n) is 20.4. The Morgan fingerprint density at radius 2 is 1.57 bits per heavy atom. The van der Waals surface area contributed by atoms with Crippen LogP contribution in [-0.4, -0.2) is 53.7 Å². The van der Waals surface area contributed by atoms with Gasteiger partial charge in [-0.1, -0.05) is 55.5 Å². The predicted octanol–water partition coefficient (Wildman–Crippen LogP) is 4.80. The van der Waals surface area contributed by atoms with Crippen molar-refractivity contribution in [3.05, 3.63) is 59.7 Å². The number of alkyl carbamates (subject to hydrolysis) is 1. The number of hydrogen-bond donors (Lipinski definition) is 2. The molecule has 35 heavy (non-hydrogen) atoms. The Labute approximate surface area is 206 Å². The molecule has 0 saturated heterocycles. The van der Waals surface area contributed by atoms with E-state index in [4.69, 9.17) is 9.84 Å². The summed E-state index contributed by atoms with van der Waals surface area (Å²) in [6.45, 7) is 2.35. The summed E-state index contributed by atoms with van der Waals surface area (Å²) in [6, 6.07) is 15.3. The molecule has 0 aliphatic heterocycles. The second-order valence-electron chi connectivity index (χ2n) is 9.82. The molecule has 7 heteroatoms. The maximum atomic E-state index is 13.2. The topological polar surface area (TPSA) is 95.9 Å². The van der Waals surface area contributed by atoms with Gasteiger partial charge in [-0.3, -0.25) is 9.59 Å². The van der Waals surface area contributed by atoms with E-state index >= 15 is 0 Å². The second kappa shape index (κ2) is 10.9. The van der Waals surface area contributed by atoms with Crippen LogP contribution in [0.3, 0.4) is 0 Å². The summed E-state index contributed by atoms with van der Waals surface area (Å²) >= 11 is 0. The molecular weight excluding hydrogens is 444 g/mol. The van der Waals surface area contributed by atoms with E-state index in [0.29, 0.717) is 5.92 Å². The number of fused-ring (bicyclic) bond motifs is 3. The summed E-state index contributed by atoms with van der Waals surface area (Å²) in [6.07, 6.45) is 3.05. The number of aliphatic carboxylic acids is 1. The number of rotatable bonds is 8. The molecule has 1 atom stereocenters. The normalized spacial score (nSPS) is 19.8. The SMILES string of the molecule is CC1CCC(N(C)C(=O)C(CCC(=O)O)NC(=O)OCC2c3ccccc3-c3ccccc32)CC1. The monoisotopic (exact) mass is 478 g/mol. The van der Waals surface area contributed by atoms with Crippen LogP contribution in [-0.2, 0) is 14.3 Å². The van der Waals surface area contributed by atoms with Crippen LogP contribution in [0.2, 0.25) is 0 Å². The summed E-state index contributed by atoms with van der Waals surface area (Å²) in [4.78, 5) is 38.9. The van der Waals surface area contributed by atoms with Crippen LogP contribution in [0.25, 0.3) is 11.1 Å². The fourth-order valence-electron chi connectivity index (χ4n) is 5.36. The maximum absolute atomic E-state index is 13.2. The molecular formula is C28H34N2O5. The average Bonchev–Trinajstić information content (AvgIpc) is 3.18. The largest absolute Gasteiger partial charge is 0.481 e. The zero-order chi connectivity index (χ0) is 24.9. The minimum atomic E-state index is -1.01. The predicted molar refractivity (Wildman–Crippen MR) is 133 cm³/mol. The van der Waals surface area contributed by atoms with Gasteiger partial charge in [-0.25, -0.2) is 4.79 Å². The Balaban J connectivity index is 1.41. The van der Waals surface area contributed by atoms with E-state index in [-0.39, 0.29) is 37.3 Å². The summed E-state index contributed by atoms with van der Waals surface area (Å²) in [7, 11) is 1.75. The molecule has 1 unspecified atom stereocenters.